The Bertz CT molecular complexity index is 2130. The molecule has 0 atom stereocenters. The van der Waals surface area contributed by atoms with Gasteiger partial charge in [-0.2, -0.15) is 13.2 Å². The van der Waals surface area contributed by atoms with Crippen molar-refractivity contribution in [1.82, 2.24) is 9.29 Å². The summed E-state index contributed by atoms with van der Waals surface area (Å²) in [5.74, 6) is 0.116. The Morgan fingerprint density at radius 1 is 0.961 bits per heavy atom. The molecule has 1 N–H and O–H groups in total. The zero-order valence-electron chi connectivity index (χ0n) is 29.0. The predicted octanol–water partition coefficient (Wildman–Crippen LogP) is 8.24. The van der Waals surface area contributed by atoms with E-state index in [1.807, 2.05) is 30.3 Å². The van der Waals surface area contributed by atoms with Gasteiger partial charge in [0, 0.05) is 52.9 Å². The number of morpholine rings is 1. The number of hydrogen-bond donors (Lipinski definition) is 1. The molecule has 4 aromatic rings. The molecular formula is C39H42F3N3O5S. The molecule has 270 valence electrons. The molecule has 1 saturated carbocycles. The topological polar surface area (TPSA) is 89.9 Å². The average Bonchev–Trinajstić information content (AvgIpc) is 3.33. The van der Waals surface area contributed by atoms with Crippen molar-refractivity contribution in [2.75, 3.05) is 38.3 Å². The standard InChI is InChI=1S/C39H42F3N3O5S/c1-24(2)51(47,48)43-38(46)26-9-12-32-35(21-26)45-23-28(33-22-29(39(40,41)42)10-14-34(33)44-15-17-50-18-16-44)19-27-20-30(49-3)11-13-31(27)37(45)36(32)25-7-5-4-6-8-25/h9-14,19-22,24-25H,4-8,15-18,23H2,1-3H3,(H,43,46). The fourth-order valence-corrected chi connectivity index (χ4v) is 8.31. The van der Waals surface area contributed by atoms with Crippen molar-refractivity contribution in [3.05, 3.63) is 82.4 Å². The number of carbonyl (C=O) groups is 1. The molecule has 1 saturated heterocycles. The number of ether oxygens (including phenoxy) is 2. The van der Waals surface area contributed by atoms with E-state index in [0.717, 1.165) is 71.5 Å². The number of sulfonamides is 1. The number of allylic oxidation sites excluding steroid dienone is 1. The summed E-state index contributed by atoms with van der Waals surface area (Å²) >= 11 is 0. The van der Waals surface area contributed by atoms with Crippen LogP contribution >= 0.6 is 0 Å². The van der Waals surface area contributed by atoms with Crippen molar-refractivity contribution in [3.63, 3.8) is 0 Å². The lowest BCUT2D eigenvalue weighted by Crippen LogP contribution is -2.36. The number of methoxy groups -OCH3 is 1. The summed E-state index contributed by atoms with van der Waals surface area (Å²) in [6.45, 7) is 5.23. The van der Waals surface area contributed by atoms with E-state index in [1.54, 1.807) is 25.3 Å². The Morgan fingerprint density at radius 2 is 1.71 bits per heavy atom. The van der Waals surface area contributed by atoms with Crippen molar-refractivity contribution >= 4 is 44.2 Å². The summed E-state index contributed by atoms with van der Waals surface area (Å²) in [7, 11) is -2.30. The van der Waals surface area contributed by atoms with Crippen molar-refractivity contribution < 1.29 is 35.9 Å². The summed E-state index contributed by atoms with van der Waals surface area (Å²) in [6.07, 6.45) is 2.70. The summed E-state index contributed by atoms with van der Waals surface area (Å²) < 4.78 is 83.8. The SMILES string of the molecule is COc1ccc2c(c1)C=C(c1cc(C(F)(F)F)ccc1N1CCOCC1)Cn1c-2c(C2CCCCC2)c2ccc(C(=O)NS(=O)(=O)C(C)C)cc21. The molecule has 3 heterocycles. The number of halogens is 3. The van der Waals surface area contributed by atoms with Gasteiger partial charge >= 0.3 is 6.18 Å². The molecule has 8 nitrogen and oxygen atoms in total. The molecule has 51 heavy (non-hydrogen) atoms. The van der Waals surface area contributed by atoms with Crippen molar-refractivity contribution in [2.45, 2.75) is 69.8 Å². The van der Waals surface area contributed by atoms with E-state index in [9.17, 15) is 26.4 Å². The molecule has 0 radical (unpaired) electrons. The van der Waals surface area contributed by atoms with Crippen LogP contribution in [0.4, 0.5) is 18.9 Å². The van der Waals surface area contributed by atoms with E-state index < -0.39 is 32.9 Å². The third kappa shape index (κ3) is 6.75. The third-order valence-electron chi connectivity index (χ3n) is 10.4. The molecule has 0 spiro atoms. The first-order chi connectivity index (χ1) is 24.4. The highest BCUT2D eigenvalue weighted by atomic mass is 32.2. The second kappa shape index (κ2) is 13.7. The Labute approximate surface area is 296 Å². The number of anilines is 1. The first-order valence-corrected chi connectivity index (χ1v) is 19.1. The molecular weight excluding hydrogens is 680 g/mol. The van der Waals surface area contributed by atoms with E-state index in [2.05, 4.69) is 14.2 Å². The number of rotatable bonds is 7. The van der Waals surface area contributed by atoms with E-state index in [0.29, 0.717) is 48.9 Å². The minimum atomic E-state index is -4.55. The first kappa shape index (κ1) is 35.1. The molecule has 0 bridgehead atoms. The van der Waals surface area contributed by atoms with E-state index in [-0.39, 0.29) is 18.0 Å². The number of amides is 1. The lowest BCUT2D eigenvalue weighted by molar-refractivity contribution is -0.137. The minimum Gasteiger partial charge on any atom is -0.497 e. The van der Waals surface area contributed by atoms with Gasteiger partial charge in [-0.25, -0.2) is 13.1 Å². The van der Waals surface area contributed by atoms with Crippen LogP contribution < -0.4 is 14.4 Å². The molecule has 0 unspecified atom stereocenters. The molecule has 7 rings (SSSR count). The van der Waals surface area contributed by atoms with Crippen LogP contribution in [-0.4, -0.2) is 57.6 Å². The van der Waals surface area contributed by atoms with Gasteiger partial charge in [-0.15, -0.1) is 0 Å². The third-order valence-corrected chi connectivity index (χ3v) is 12.1. The second-order valence-electron chi connectivity index (χ2n) is 13.9. The number of hydrogen-bond acceptors (Lipinski definition) is 6. The molecule has 2 fully saturated rings. The summed E-state index contributed by atoms with van der Waals surface area (Å²) in [4.78, 5) is 15.5. The monoisotopic (exact) mass is 721 g/mol. The molecule has 3 aliphatic rings. The molecule has 1 aliphatic carbocycles. The zero-order chi connectivity index (χ0) is 36.1. The minimum absolute atomic E-state index is 0.181. The number of nitrogens with one attached hydrogen (secondary N) is 1. The first-order valence-electron chi connectivity index (χ1n) is 17.5. The Morgan fingerprint density at radius 3 is 2.39 bits per heavy atom. The normalized spacial score (nSPS) is 17.2. The van der Waals surface area contributed by atoms with Crippen LogP contribution in [0.2, 0.25) is 0 Å². The lowest BCUT2D eigenvalue weighted by Gasteiger charge is -2.31. The van der Waals surface area contributed by atoms with Crippen LogP contribution in [0, 0.1) is 0 Å². The molecule has 3 aromatic carbocycles. The Hall–Kier alpha value is -4.29. The van der Waals surface area contributed by atoms with Gasteiger partial charge in [-0.1, -0.05) is 25.3 Å². The summed E-state index contributed by atoms with van der Waals surface area (Å²) in [5.41, 5.74) is 5.80. The number of fused-ring (bicyclic) bond motifs is 5. The van der Waals surface area contributed by atoms with Gasteiger partial charge in [-0.3, -0.25) is 4.79 Å². The summed E-state index contributed by atoms with van der Waals surface area (Å²) in [6, 6.07) is 15.0. The highest BCUT2D eigenvalue weighted by Gasteiger charge is 2.34. The van der Waals surface area contributed by atoms with Crippen molar-refractivity contribution in [2.24, 2.45) is 0 Å². The lowest BCUT2D eigenvalue weighted by atomic mass is 9.81. The zero-order valence-corrected chi connectivity index (χ0v) is 29.8. The number of aromatic nitrogens is 1. The highest BCUT2D eigenvalue weighted by molar-refractivity contribution is 7.90. The highest BCUT2D eigenvalue weighted by Crippen LogP contribution is 2.49. The van der Waals surface area contributed by atoms with Crippen LogP contribution in [0.15, 0.2) is 54.6 Å². The predicted molar refractivity (Wildman–Crippen MR) is 194 cm³/mol. The van der Waals surface area contributed by atoms with Gasteiger partial charge in [0.25, 0.3) is 5.91 Å². The quantitative estimate of drug-likeness (QED) is 0.207. The molecule has 12 heteroatoms. The summed E-state index contributed by atoms with van der Waals surface area (Å²) in [5, 5.41) is 0.141. The number of alkyl halides is 3. The Kier molecular flexibility index (Phi) is 9.43. The number of benzene rings is 3. The van der Waals surface area contributed by atoms with Crippen LogP contribution in [-0.2, 0) is 27.5 Å². The van der Waals surface area contributed by atoms with Gasteiger partial charge in [0.05, 0.1) is 36.8 Å². The Balaban J connectivity index is 1.49. The largest absolute Gasteiger partial charge is 0.497 e. The number of nitrogens with zero attached hydrogens (tertiary/aromatic N) is 2. The smallest absolute Gasteiger partial charge is 0.416 e. The van der Waals surface area contributed by atoms with Crippen LogP contribution in [0.1, 0.15) is 84.5 Å². The molecule has 1 aromatic heterocycles. The maximum absolute atomic E-state index is 14.3. The second-order valence-corrected chi connectivity index (χ2v) is 16.1. The molecule has 2 aliphatic heterocycles. The van der Waals surface area contributed by atoms with Gasteiger partial charge in [-0.05, 0) is 104 Å². The van der Waals surface area contributed by atoms with Gasteiger partial charge in [0.1, 0.15) is 5.75 Å². The van der Waals surface area contributed by atoms with E-state index in [4.69, 9.17) is 9.47 Å². The van der Waals surface area contributed by atoms with Crippen molar-refractivity contribution in [1.29, 1.82) is 0 Å². The van der Waals surface area contributed by atoms with Gasteiger partial charge in [0.15, 0.2) is 0 Å². The fraction of sp³-hybridized carbons (Fsp3) is 0.410. The van der Waals surface area contributed by atoms with Crippen molar-refractivity contribution in [3.8, 4) is 17.0 Å². The van der Waals surface area contributed by atoms with Crippen LogP contribution in [0.25, 0.3) is 33.8 Å². The van der Waals surface area contributed by atoms with E-state index in [1.165, 1.54) is 19.9 Å². The average molecular weight is 722 g/mol. The van der Waals surface area contributed by atoms with Gasteiger partial charge in [0.2, 0.25) is 10.0 Å². The van der Waals surface area contributed by atoms with E-state index >= 15 is 0 Å². The number of carbonyl (C=O) groups excluding carboxylic acids is 1. The van der Waals surface area contributed by atoms with Gasteiger partial charge < -0.3 is 18.9 Å². The fourth-order valence-electron chi connectivity index (χ4n) is 7.70. The maximum atomic E-state index is 14.3. The molecule has 1 amide bonds. The maximum Gasteiger partial charge on any atom is 0.416 e. The van der Waals surface area contributed by atoms with Crippen LogP contribution in [0.3, 0.4) is 0 Å². The van der Waals surface area contributed by atoms with Crippen LogP contribution in [0.5, 0.6) is 5.75 Å².